The van der Waals surface area contributed by atoms with Crippen molar-refractivity contribution in [1.82, 2.24) is 4.90 Å². The molecule has 0 atom stereocenters. The molecule has 1 aromatic heterocycles. The number of thiophene rings is 1. The van der Waals surface area contributed by atoms with E-state index >= 15 is 0 Å². The van der Waals surface area contributed by atoms with Crippen molar-refractivity contribution in [3.63, 3.8) is 0 Å². The van der Waals surface area contributed by atoms with Crippen LogP contribution in [0, 0.1) is 11.3 Å². The Bertz CT molecular complexity index is 865. The van der Waals surface area contributed by atoms with E-state index < -0.39 is 0 Å². The van der Waals surface area contributed by atoms with E-state index in [0.29, 0.717) is 23.7 Å². The van der Waals surface area contributed by atoms with E-state index in [0.717, 1.165) is 36.1 Å². The van der Waals surface area contributed by atoms with Gasteiger partial charge >= 0.3 is 0 Å². The Balaban J connectivity index is 1.54. The minimum atomic E-state index is -0.0974. The number of amides is 1. The number of anilines is 1. The maximum atomic E-state index is 12.4. The summed E-state index contributed by atoms with van der Waals surface area (Å²) in [5.74, 6) is 0.702. The van der Waals surface area contributed by atoms with Crippen molar-refractivity contribution in [3.8, 4) is 11.8 Å². The highest BCUT2D eigenvalue weighted by Gasteiger charge is 2.23. The Kier molecular flexibility index (Phi) is 6.28. The maximum absolute atomic E-state index is 12.4. The lowest BCUT2D eigenvalue weighted by Gasteiger charge is -2.16. The Morgan fingerprint density at radius 1 is 1.41 bits per heavy atom. The van der Waals surface area contributed by atoms with Crippen LogP contribution in [0.3, 0.4) is 0 Å². The van der Waals surface area contributed by atoms with Crippen molar-refractivity contribution in [2.45, 2.75) is 25.8 Å². The summed E-state index contributed by atoms with van der Waals surface area (Å²) in [6.07, 6.45) is 4.76. The van der Waals surface area contributed by atoms with Gasteiger partial charge in [0, 0.05) is 11.4 Å². The summed E-state index contributed by atoms with van der Waals surface area (Å²) in [5.41, 5.74) is 2.88. The van der Waals surface area contributed by atoms with E-state index in [4.69, 9.17) is 4.74 Å². The average Bonchev–Trinajstić information content (AvgIpc) is 3.21. The summed E-state index contributed by atoms with van der Waals surface area (Å²) in [7, 11) is 1.90. The third kappa shape index (κ3) is 4.76. The number of nitriles is 1. The molecule has 1 heterocycles. The van der Waals surface area contributed by atoms with Gasteiger partial charge in [-0.2, -0.15) is 5.26 Å². The number of likely N-dealkylation sites (N-methyl/N-ethyl adjacent to an activating group) is 1. The fourth-order valence-electron chi connectivity index (χ4n) is 3.24. The fraction of sp³-hybridized carbons (Fsp3) is 0.333. The molecule has 0 radical (unpaired) electrons. The smallest absolute Gasteiger partial charge is 0.239 e. The van der Waals surface area contributed by atoms with Crippen molar-refractivity contribution in [3.05, 3.63) is 58.5 Å². The molecule has 27 heavy (non-hydrogen) atoms. The summed E-state index contributed by atoms with van der Waals surface area (Å²) in [6.45, 7) is 5.03. The molecule has 6 heteroatoms. The summed E-state index contributed by atoms with van der Waals surface area (Å²) >= 11 is 1.55. The molecule has 1 N–H and O–H groups in total. The van der Waals surface area contributed by atoms with Crippen LogP contribution >= 0.6 is 11.3 Å². The van der Waals surface area contributed by atoms with Crippen LogP contribution in [0.25, 0.3) is 0 Å². The normalized spacial score (nSPS) is 12.5. The average molecular weight is 382 g/mol. The lowest BCUT2D eigenvalue weighted by atomic mass is 10.1. The van der Waals surface area contributed by atoms with E-state index in [1.54, 1.807) is 17.4 Å². The lowest BCUT2D eigenvalue weighted by molar-refractivity contribution is -0.117. The molecule has 1 aliphatic carbocycles. The minimum Gasteiger partial charge on any atom is -0.490 e. The first-order chi connectivity index (χ1) is 13.1. The molecule has 0 fully saturated rings. The monoisotopic (exact) mass is 381 g/mol. The second-order valence-corrected chi connectivity index (χ2v) is 7.74. The van der Waals surface area contributed by atoms with E-state index in [1.165, 1.54) is 4.88 Å². The van der Waals surface area contributed by atoms with Crippen molar-refractivity contribution in [2.24, 2.45) is 0 Å². The minimum absolute atomic E-state index is 0.0974. The number of aryl methyl sites for hydroxylation is 1. The quantitative estimate of drug-likeness (QED) is 0.708. The van der Waals surface area contributed by atoms with Gasteiger partial charge in [0.05, 0.1) is 12.1 Å². The number of rotatable bonds is 8. The Labute approximate surface area is 163 Å². The SMILES string of the molecule is C=CCOc1ccc(CN(C)CC(=O)Nc2sc3c(c2C#N)CCC3)cc1. The van der Waals surface area contributed by atoms with E-state index in [1.807, 2.05) is 36.2 Å². The highest BCUT2D eigenvalue weighted by Crippen LogP contribution is 2.38. The van der Waals surface area contributed by atoms with Crippen molar-refractivity contribution in [2.75, 3.05) is 25.5 Å². The van der Waals surface area contributed by atoms with Gasteiger partial charge in [0.15, 0.2) is 0 Å². The van der Waals surface area contributed by atoms with Crippen LogP contribution in [-0.2, 0) is 24.2 Å². The second kappa shape index (κ2) is 8.85. The van der Waals surface area contributed by atoms with E-state index in [2.05, 4.69) is 18.0 Å². The first-order valence-electron chi connectivity index (χ1n) is 8.96. The number of fused-ring (bicyclic) bond motifs is 1. The lowest BCUT2D eigenvalue weighted by Crippen LogP contribution is -2.29. The molecule has 2 aromatic rings. The van der Waals surface area contributed by atoms with Gasteiger partial charge in [-0.3, -0.25) is 9.69 Å². The number of benzene rings is 1. The third-order valence-corrected chi connectivity index (χ3v) is 5.65. The molecular formula is C21H23N3O2S. The molecule has 0 aliphatic heterocycles. The number of hydrogen-bond acceptors (Lipinski definition) is 5. The van der Waals surface area contributed by atoms with E-state index in [9.17, 15) is 10.1 Å². The maximum Gasteiger partial charge on any atom is 0.239 e. The van der Waals surface area contributed by atoms with Crippen LogP contribution < -0.4 is 10.1 Å². The molecule has 140 valence electrons. The molecule has 0 saturated heterocycles. The summed E-state index contributed by atoms with van der Waals surface area (Å²) in [5, 5.41) is 13.0. The van der Waals surface area contributed by atoms with Crippen LogP contribution in [-0.4, -0.2) is 31.0 Å². The number of carbonyl (C=O) groups is 1. The van der Waals surface area contributed by atoms with Gasteiger partial charge in [-0.25, -0.2) is 0 Å². The van der Waals surface area contributed by atoms with Gasteiger partial charge in [0.2, 0.25) is 5.91 Å². The van der Waals surface area contributed by atoms with E-state index in [-0.39, 0.29) is 12.5 Å². The topological polar surface area (TPSA) is 65.4 Å². The molecule has 1 aliphatic rings. The molecule has 1 aromatic carbocycles. The van der Waals surface area contributed by atoms with Crippen LogP contribution in [0.1, 0.15) is 28.0 Å². The Morgan fingerprint density at radius 3 is 2.89 bits per heavy atom. The van der Waals surface area contributed by atoms with Crippen LogP contribution in [0.5, 0.6) is 5.75 Å². The number of hydrogen-bond donors (Lipinski definition) is 1. The largest absolute Gasteiger partial charge is 0.490 e. The zero-order chi connectivity index (χ0) is 19.2. The van der Waals surface area contributed by atoms with Crippen molar-refractivity contribution >= 4 is 22.2 Å². The third-order valence-electron chi connectivity index (χ3n) is 4.44. The summed E-state index contributed by atoms with van der Waals surface area (Å²) < 4.78 is 5.47. The first kappa shape index (κ1) is 19.2. The van der Waals surface area contributed by atoms with Gasteiger partial charge in [0.25, 0.3) is 0 Å². The van der Waals surface area contributed by atoms with Gasteiger partial charge in [-0.15, -0.1) is 11.3 Å². The summed E-state index contributed by atoms with van der Waals surface area (Å²) in [6, 6.07) is 10.1. The Hall–Kier alpha value is -2.62. The molecule has 3 rings (SSSR count). The van der Waals surface area contributed by atoms with Gasteiger partial charge in [-0.05, 0) is 49.6 Å². The standard InChI is InChI=1S/C21H23N3O2S/c1-3-11-26-16-9-7-15(8-10-16)13-24(2)14-20(25)23-21-18(12-22)17-5-4-6-19(17)27-21/h3,7-10H,1,4-6,11,13-14H2,2H3,(H,23,25). The van der Waals surface area contributed by atoms with Crippen LogP contribution in [0.4, 0.5) is 5.00 Å². The van der Waals surface area contributed by atoms with Crippen LogP contribution in [0.2, 0.25) is 0 Å². The highest BCUT2D eigenvalue weighted by molar-refractivity contribution is 7.16. The molecule has 1 amide bonds. The number of nitrogens with zero attached hydrogens (tertiary/aromatic N) is 2. The van der Waals surface area contributed by atoms with Crippen molar-refractivity contribution in [1.29, 1.82) is 5.26 Å². The zero-order valence-electron chi connectivity index (χ0n) is 15.5. The predicted octanol–water partition coefficient (Wildman–Crippen LogP) is 3.74. The molecule has 0 unspecified atom stereocenters. The number of carbonyl (C=O) groups excluding carboxylic acids is 1. The number of nitrogens with one attached hydrogen (secondary N) is 1. The molecule has 0 spiro atoms. The fourth-order valence-corrected chi connectivity index (χ4v) is 4.49. The summed E-state index contributed by atoms with van der Waals surface area (Å²) in [4.78, 5) is 15.6. The van der Waals surface area contributed by atoms with Crippen LogP contribution in [0.15, 0.2) is 36.9 Å². The predicted molar refractivity (Wildman–Crippen MR) is 108 cm³/mol. The molecule has 0 bridgehead atoms. The second-order valence-electron chi connectivity index (χ2n) is 6.64. The van der Waals surface area contributed by atoms with Crippen molar-refractivity contribution < 1.29 is 9.53 Å². The van der Waals surface area contributed by atoms with Gasteiger partial charge in [0.1, 0.15) is 23.4 Å². The molecule has 5 nitrogen and oxygen atoms in total. The molecule has 0 saturated carbocycles. The zero-order valence-corrected chi connectivity index (χ0v) is 16.3. The first-order valence-corrected chi connectivity index (χ1v) is 9.78. The Morgan fingerprint density at radius 2 is 2.19 bits per heavy atom. The number of ether oxygens (including phenoxy) is 1. The highest BCUT2D eigenvalue weighted by atomic mass is 32.1. The molecular weight excluding hydrogens is 358 g/mol. The van der Waals surface area contributed by atoms with Gasteiger partial charge < -0.3 is 10.1 Å². The van der Waals surface area contributed by atoms with Gasteiger partial charge in [-0.1, -0.05) is 24.8 Å².